The molecule has 140 valence electrons. The molecule has 8 nitrogen and oxygen atoms in total. The lowest BCUT2D eigenvalue weighted by atomic mass is 10.1. The highest BCUT2D eigenvalue weighted by Gasteiger charge is 2.26. The number of aromatic nitrogens is 4. The first-order chi connectivity index (χ1) is 13.0. The van der Waals surface area contributed by atoms with Gasteiger partial charge in [-0.25, -0.2) is 14.6 Å². The fourth-order valence-corrected chi connectivity index (χ4v) is 2.90. The van der Waals surface area contributed by atoms with Crippen molar-refractivity contribution in [2.75, 3.05) is 5.32 Å². The Labute approximate surface area is 157 Å². The van der Waals surface area contributed by atoms with E-state index in [1.165, 1.54) is 16.6 Å². The molecule has 2 aromatic heterocycles. The molecule has 3 aromatic rings. The quantitative estimate of drug-likeness (QED) is 0.495. The fourth-order valence-electron chi connectivity index (χ4n) is 2.90. The number of benzene rings is 1. The van der Waals surface area contributed by atoms with Crippen molar-refractivity contribution in [2.45, 2.75) is 40.0 Å². The second-order valence-corrected chi connectivity index (χ2v) is 6.42. The van der Waals surface area contributed by atoms with E-state index in [0.717, 1.165) is 36.3 Å². The maximum atomic E-state index is 11.7. The van der Waals surface area contributed by atoms with Crippen LogP contribution in [0.1, 0.15) is 36.7 Å². The molecule has 0 saturated carbocycles. The van der Waals surface area contributed by atoms with Crippen LogP contribution in [0.2, 0.25) is 0 Å². The van der Waals surface area contributed by atoms with Crippen LogP contribution in [0.3, 0.4) is 0 Å². The van der Waals surface area contributed by atoms with Crippen LogP contribution in [-0.2, 0) is 6.42 Å². The zero-order chi connectivity index (χ0) is 19.4. The Morgan fingerprint density at radius 3 is 2.52 bits per heavy atom. The van der Waals surface area contributed by atoms with Crippen LogP contribution in [0.15, 0.2) is 36.7 Å². The van der Waals surface area contributed by atoms with Crippen LogP contribution in [0.25, 0.3) is 5.82 Å². The zero-order valence-corrected chi connectivity index (χ0v) is 15.6. The minimum absolute atomic E-state index is 0.138. The Kier molecular flexibility index (Phi) is 5.44. The van der Waals surface area contributed by atoms with Gasteiger partial charge in [-0.15, -0.1) is 0 Å². The zero-order valence-electron chi connectivity index (χ0n) is 15.6. The summed E-state index contributed by atoms with van der Waals surface area (Å²) in [6, 6.07) is 9.69. The summed E-state index contributed by atoms with van der Waals surface area (Å²) < 4.78 is 1.47. The first-order valence-corrected chi connectivity index (χ1v) is 8.88. The minimum atomic E-state index is -0.482. The van der Waals surface area contributed by atoms with Gasteiger partial charge in [0.25, 0.3) is 0 Å². The van der Waals surface area contributed by atoms with Gasteiger partial charge in [0.05, 0.1) is 10.6 Å². The maximum Gasteiger partial charge on any atom is 0.355 e. The number of unbranched alkanes of at least 4 members (excludes halogenated alkanes) is 1. The minimum Gasteiger partial charge on any atom is -0.334 e. The molecule has 0 unspecified atom stereocenters. The van der Waals surface area contributed by atoms with Crippen LogP contribution in [0.5, 0.6) is 0 Å². The molecule has 0 aliphatic rings. The van der Waals surface area contributed by atoms with E-state index in [-0.39, 0.29) is 17.3 Å². The molecule has 8 heteroatoms. The Bertz CT molecular complexity index is 949. The molecule has 2 heterocycles. The number of hydrogen-bond donors (Lipinski definition) is 1. The predicted molar refractivity (Wildman–Crippen MR) is 104 cm³/mol. The van der Waals surface area contributed by atoms with Gasteiger partial charge in [-0.2, -0.15) is 5.10 Å². The van der Waals surface area contributed by atoms with E-state index in [1.807, 2.05) is 44.2 Å². The number of rotatable bonds is 7. The molecule has 0 spiro atoms. The van der Waals surface area contributed by atoms with Crippen molar-refractivity contribution in [3.63, 3.8) is 0 Å². The van der Waals surface area contributed by atoms with Crippen molar-refractivity contribution < 1.29 is 4.92 Å². The molecule has 1 N–H and O–H groups in total. The van der Waals surface area contributed by atoms with Crippen molar-refractivity contribution >= 4 is 17.2 Å². The van der Waals surface area contributed by atoms with E-state index in [4.69, 9.17) is 0 Å². The predicted octanol–water partition coefficient (Wildman–Crippen LogP) is 4.27. The number of nitrogens with one attached hydrogen (secondary N) is 1. The molecule has 0 aliphatic carbocycles. The van der Waals surface area contributed by atoms with Gasteiger partial charge in [-0.05, 0) is 50.5 Å². The van der Waals surface area contributed by atoms with Gasteiger partial charge < -0.3 is 5.32 Å². The number of aryl methyl sites for hydroxylation is 3. The Hall–Kier alpha value is -3.29. The topological polar surface area (TPSA) is 98.8 Å². The highest BCUT2D eigenvalue weighted by atomic mass is 16.6. The number of nitro groups is 1. The average molecular weight is 366 g/mol. The normalized spacial score (nSPS) is 10.8. The van der Waals surface area contributed by atoms with Crippen LogP contribution in [0, 0.1) is 24.0 Å². The lowest BCUT2D eigenvalue weighted by Crippen LogP contribution is -2.09. The summed E-state index contributed by atoms with van der Waals surface area (Å²) in [5.74, 6) is 0.279. The van der Waals surface area contributed by atoms with E-state index in [1.54, 1.807) is 0 Å². The molecule has 0 aliphatic heterocycles. The largest absolute Gasteiger partial charge is 0.355 e. The van der Waals surface area contributed by atoms with Gasteiger partial charge >= 0.3 is 5.69 Å². The summed E-state index contributed by atoms with van der Waals surface area (Å²) in [4.78, 5) is 19.4. The molecular weight excluding hydrogens is 344 g/mol. The summed E-state index contributed by atoms with van der Waals surface area (Å²) in [5, 5.41) is 19.1. The third-order valence-electron chi connectivity index (χ3n) is 4.23. The molecular formula is C19H22N6O2. The van der Waals surface area contributed by atoms with E-state index < -0.39 is 4.92 Å². The smallest absolute Gasteiger partial charge is 0.334 e. The summed E-state index contributed by atoms with van der Waals surface area (Å²) in [6.07, 6.45) is 4.60. The van der Waals surface area contributed by atoms with Crippen molar-refractivity contribution in [2.24, 2.45) is 0 Å². The van der Waals surface area contributed by atoms with Crippen molar-refractivity contribution in [1.29, 1.82) is 0 Å². The van der Waals surface area contributed by atoms with E-state index in [9.17, 15) is 10.1 Å². The van der Waals surface area contributed by atoms with Crippen LogP contribution < -0.4 is 5.32 Å². The second kappa shape index (κ2) is 7.94. The van der Waals surface area contributed by atoms with Crippen LogP contribution >= 0.6 is 0 Å². The van der Waals surface area contributed by atoms with E-state index in [0.29, 0.717) is 0 Å². The molecule has 0 radical (unpaired) electrons. The van der Waals surface area contributed by atoms with E-state index >= 15 is 0 Å². The second-order valence-electron chi connectivity index (χ2n) is 6.42. The molecule has 0 atom stereocenters. The van der Waals surface area contributed by atoms with Crippen molar-refractivity contribution in [3.05, 3.63) is 63.7 Å². The summed E-state index contributed by atoms with van der Waals surface area (Å²) in [5.41, 5.74) is 3.29. The number of anilines is 2. The van der Waals surface area contributed by atoms with Gasteiger partial charge in [-0.3, -0.25) is 10.1 Å². The fraction of sp³-hybridized carbons (Fsp3) is 0.316. The standard InChI is InChI=1S/C19H22N6O2/c1-4-5-6-15-7-9-16(10-8-15)22-18-17(25(26)27)19(21-12-20-18)24-14(3)11-13(2)23-24/h7-12H,4-6H2,1-3H3,(H,20,21,22). The lowest BCUT2D eigenvalue weighted by molar-refractivity contribution is -0.384. The number of hydrogen-bond acceptors (Lipinski definition) is 6. The average Bonchev–Trinajstić information content (AvgIpc) is 2.99. The van der Waals surface area contributed by atoms with Crippen LogP contribution in [0.4, 0.5) is 17.2 Å². The molecule has 0 saturated heterocycles. The first-order valence-electron chi connectivity index (χ1n) is 8.88. The Morgan fingerprint density at radius 2 is 1.93 bits per heavy atom. The van der Waals surface area contributed by atoms with Gasteiger partial charge in [0.15, 0.2) is 0 Å². The maximum absolute atomic E-state index is 11.7. The Morgan fingerprint density at radius 1 is 1.19 bits per heavy atom. The summed E-state index contributed by atoms with van der Waals surface area (Å²) in [7, 11) is 0. The van der Waals surface area contributed by atoms with Gasteiger partial charge in [-0.1, -0.05) is 25.5 Å². The van der Waals surface area contributed by atoms with Crippen molar-refractivity contribution in [3.8, 4) is 5.82 Å². The first kappa shape index (κ1) is 18.5. The van der Waals surface area contributed by atoms with Crippen LogP contribution in [-0.4, -0.2) is 24.7 Å². The third-order valence-corrected chi connectivity index (χ3v) is 4.23. The summed E-state index contributed by atoms with van der Waals surface area (Å²) >= 11 is 0. The molecule has 1 aromatic carbocycles. The van der Waals surface area contributed by atoms with E-state index in [2.05, 4.69) is 27.3 Å². The lowest BCUT2D eigenvalue weighted by Gasteiger charge is -2.10. The van der Waals surface area contributed by atoms with Gasteiger partial charge in [0.2, 0.25) is 11.6 Å². The highest BCUT2D eigenvalue weighted by molar-refractivity contribution is 5.70. The van der Waals surface area contributed by atoms with Crippen molar-refractivity contribution in [1.82, 2.24) is 19.7 Å². The number of nitrogens with zero attached hydrogens (tertiary/aromatic N) is 5. The third kappa shape index (κ3) is 4.11. The Balaban J connectivity index is 1.95. The molecule has 0 fully saturated rings. The molecule has 27 heavy (non-hydrogen) atoms. The molecule has 3 rings (SSSR count). The van der Waals surface area contributed by atoms with Gasteiger partial charge in [0, 0.05) is 11.4 Å². The monoisotopic (exact) mass is 366 g/mol. The highest BCUT2D eigenvalue weighted by Crippen LogP contribution is 2.30. The molecule has 0 bridgehead atoms. The van der Waals surface area contributed by atoms with Gasteiger partial charge in [0.1, 0.15) is 6.33 Å². The molecule has 0 amide bonds. The summed E-state index contributed by atoms with van der Waals surface area (Å²) in [6.45, 7) is 5.81. The SMILES string of the molecule is CCCCc1ccc(Nc2ncnc(-n3nc(C)cc3C)c2[N+](=O)[O-])cc1.